The summed E-state index contributed by atoms with van der Waals surface area (Å²) in [5, 5.41) is 19.9. The normalized spacial score (nSPS) is 9.80. The number of ether oxygens (including phenoxy) is 1. The minimum atomic E-state index is -0.607. The lowest BCUT2D eigenvalue weighted by Crippen LogP contribution is -1.99. The number of hydrogen-bond donors (Lipinski definition) is 1. The van der Waals surface area contributed by atoms with Gasteiger partial charge in [0.05, 0.1) is 20.1 Å². The minimum absolute atomic E-state index is 0.0349. The highest BCUT2D eigenvalue weighted by atomic mass is 127. The van der Waals surface area contributed by atoms with Crippen LogP contribution in [0.2, 0.25) is 0 Å². The lowest BCUT2D eigenvalue weighted by molar-refractivity contribution is -0.385. The first-order valence-corrected chi connectivity index (χ1v) is 6.37. The van der Waals surface area contributed by atoms with Gasteiger partial charge in [0.15, 0.2) is 0 Å². The molecule has 0 fully saturated rings. The lowest BCUT2D eigenvalue weighted by atomic mass is 10.2. The Morgan fingerprint density at radius 1 is 1.45 bits per heavy atom. The van der Waals surface area contributed by atoms with Gasteiger partial charge in [-0.3, -0.25) is 10.1 Å². The van der Waals surface area contributed by atoms with Gasteiger partial charge in [0.1, 0.15) is 5.82 Å². The average Bonchev–Trinajstić information content (AvgIpc) is 2.40. The van der Waals surface area contributed by atoms with Crippen molar-refractivity contribution in [2.45, 2.75) is 0 Å². The van der Waals surface area contributed by atoms with Gasteiger partial charge in [-0.1, -0.05) is 6.07 Å². The second-order valence-electron chi connectivity index (χ2n) is 3.68. The summed E-state index contributed by atoms with van der Waals surface area (Å²) in [4.78, 5) is 14.4. The summed E-state index contributed by atoms with van der Waals surface area (Å²) < 4.78 is 5.87. The number of pyridine rings is 1. The Morgan fingerprint density at radius 2 is 2.20 bits per heavy atom. The number of halogens is 1. The van der Waals surface area contributed by atoms with Crippen LogP contribution < -0.4 is 10.5 Å². The molecular formula is C12H7IN4O3. The minimum Gasteiger partial charge on any atom is -0.431 e. The van der Waals surface area contributed by atoms with Crippen molar-refractivity contribution in [1.82, 2.24) is 4.98 Å². The van der Waals surface area contributed by atoms with Crippen molar-refractivity contribution < 1.29 is 9.66 Å². The second-order valence-corrected chi connectivity index (χ2v) is 4.84. The summed E-state index contributed by atoms with van der Waals surface area (Å²) in [6.45, 7) is 0. The molecule has 8 heteroatoms. The molecular weight excluding hydrogens is 375 g/mol. The molecule has 0 aliphatic carbocycles. The fraction of sp³-hybridized carbons (Fsp3) is 0. The van der Waals surface area contributed by atoms with E-state index in [4.69, 9.17) is 15.7 Å². The average molecular weight is 382 g/mol. The molecule has 0 radical (unpaired) electrons. The van der Waals surface area contributed by atoms with E-state index in [0.717, 1.165) is 6.07 Å². The first-order chi connectivity index (χ1) is 9.51. The van der Waals surface area contributed by atoms with E-state index in [1.54, 1.807) is 12.1 Å². The topological polar surface area (TPSA) is 115 Å². The monoisotopic (exact) mass is 382 g/mol. The molecule has 0 aliphatic rings. The fourth-order valence-electron chi connectivity index (χ4n) is 1.47. The van der Waals surface area contributed by atoms with E-state index < -0.39 is 4.92 Å². The lowest BCUT2D eigenvalue weighted by Gasteiger charge is -2.08. The van der Waals surface area contributed by atoms with E-state index in [1.165, 1.54) is 12.1 Å². The van der Waals surface area contributed by atoms with E-state index in [2.05, 4.69) is 4.98 Å². The number of rotatable bonds is 3. The number of benzene rings is 1. The molecule has 0 unspecified atom stereocenters. The summed E-state index contributed by atoms with van der Waals surface area (Å²) in [6, 6.07) is 9.25. The summed E-state index contributed by atoms with van der Waals surface area (Å²) in [6.07, 6.45) is 0. The molecule has 20 heavy (non-hydrogen) atoms. The molecule has 0 spiro atoms. The van der Waals surface area contributed by atoms with E-state index in [9.17, 15) is 10.1 Å². The van der Waals surface area contributed by atoms with E-state index in [0.29, 0.717) is 3.57 Å². The number of anilines is 1. The second kappa shape index (κ2) is 5.70. The van der Waals surface area contributed by atoms with Crippen LogP contribution in [0.25, 0.3) is 0 Å². The molecule has 100 valence electrons. The van der Waals surface area contributed by atoms with Gasteiger partial charge in [0, 0.05) is 12.1 Å². The van der Waals surface area contributed by atoms with Crippen LogP contribution in [0.5, 0.6) is 11.6 Å². The third kappa shape index (κ3) is 2.94. The van der Waals surface area contributed by atoms with Crippen LogP contribution in [0.3, 0.4) is 0 Å². The molecule has 0 saturated carbocycles. The van der Waals surface area contributed by atoms with Gasteiger partial charge in [-0.2, -0.15) is 10.2 Å². The van der Waals surface area contributed by atoms with Gasteiger partial charge in [-0.15, -0.1) is 0 Å². The molecule has 0 amide bonds. The number of aromatic nitrogens is 1. The molecule has 0 bridgehead atoms. The van der Waals surface area contributed by atoms with Crippen molar-refractivity contribution in [3.05, 3.63) is 49.6 Å². The zero-order chi connectivity index (χ0) is 14.7. The van der Waals surface area contributed by atoms with Crippen LogP contribution in [0.15, 0.2) is 30.3 Å². The van der Waals surface area contributed by atoms with Crippen molar-refractivity contribution in [2.75, 3.05) is 5.73 Å². The Kier molecular flexibility index (Phi) is 3.99. The summed E-state index contributed by atoms with van der Waals surface area (Å²) >= 11 is 1.86. The first kappa shape index (κ1) is 14.0. The van der Waals surface area contributed by atoms with E-state index >= 15 is 0 Å². The SMILES string of the molecule is N#Cc1cc(I)c(Oc2cccc(N)n2)c([N+](=O)[O-])c1. The van der Waals surface area contributed by atoms with Crippen LogP contribution in [0.1, 0.15) is 5.56 Å². The maximum Gasteiger partial charge on any atom is 0.314 e. The zero-order valence-electron chi connectivity index (χ0n) is 9.91. The predicted octanol–water partition coefficient (Wildman–Crippen LogP) is 2.84. The maximum absolute atomic E-state index is 11.1. The van der Waals surface area contributed by atoms with Crippen LogP contribution in [0.4, 0.5) is 11.5 Å². The Hall–Kier alpha value is -2.41. The summed E-state index contributed by atoms with van der Waals surface area (Å²) in [5.74, 6) is 0.428. The van der Waals surface area contributed by atoms with Crippen molar-refractivity contribution in [3.63, 3.8) is 0 Å². The first-order valence-electron chi connectivity index (χ1n) is 5.29. The van der Waals surface area contributed by atoms with Crippen molar-refractivity contribution >= 4 is 34.1 Å². The molecule has 2 rings (SSSR count). The quantitative estimate of drug-likeness (QED) is 0.496. The number of nitriles is 1. The maximum atomic E-state index is 11.1. The molecule has 7 nitrogen and oxygen atoms in total. The van der Waals surface area contributed by atoms with Gasteiger partial charge in [-0.05, 0) is 34.7 Å². The van der Waals surface area contributed by atoms with Gasteiger partial charge in [-0.25, -0.2) is 0 Å². The Balaban J connectivity index is 2.51. The third-order valence-corrected chi connectivity index (χ3v) is 3.10. The van der Waals surface area contributed by atoms with E-state index in [1.807, 2.05) is 28.7 Å². The molecule has 0 atom stereocenters. The zero-order valence-corrected chi connectivity index (χ0v) is 12.1. The highest BCUT2D eigenvalue weighted by molar-refractivity contribution is 14.1. The van der Waals surface area contributed by atoms with Crippen LogP contribution >= 0.6 is 22.6 Å². The van der Waals surface area contributed by atoms with E-state index in [-0.39, 0.29) is 28.7 Å². The number of nitro benzene ring substituents is 1. The number of nitro groups is 1. The van der Waals surface area contributed by atoms with Crippen molar-refractivity contribution in [2.24, 2.45) is 0 Å². The third-order valence-electron chi connectivity index (χ3n) is 2.30. The van der Waals surface area contributed by atoms with Gasteiger partial charge >= 0.3 is 5.69 Å². The number of nitrogens with zero attached hydrogens (tertiary/aromatic N) is 3. The van der Waals surface area contributed by atoms with Crippen molar-refractivity contribution in [1.29, 1.82) is 5.26 Å². The molecule has 2 N–H and O–H groups in total. The van der Waals surface area contributed by atoms with Gasteiger partial charge in [0.2, 0.25) is 11.6 Å². The fourth-order valence-corrected chi connectivity index (χ4v) is 2.19. The molecule has 1 heterocycles. The molecule has 0 aliphatic heterocycles. The van der Waals surface area contributed by atoms with Gasteiger partial charge < -0.3 is 10.5 Å². The number of nitrogen functional groups attached to an aromatic ring is 1. The Labute approximate surface area is 127 Å². The molecule has 1 aromatic heterocycles. The standard InChI is InChI=1S/C12H7IN4O3/c13-8-4-7(6-14)5-9(17(18)19)12(8)20-11-3-1-2-10(15)16-11/h1-5H,(H2,15,16). The van der Waals surface area contributed by atoms with Gasteiger partial charge in [0.25, 0.3) is 0 Å². The van der Waals surface area contributed by atoms with Crippen LogP contribution in [-0.4, -0.2) is 9.91 Å². The smallest absolute Gasteiger partial charge is 0.314 e. The Bertz CT molecular complexity index is 727. The Morgan fingerprint density at radius 3 is 2.80 bits per heavy atom. The molecule has 0 saturated heterocycles. The number of nitrogens with two attached hydrogens (primary N) is 1. The predicted molar refractivity (Wildman–Crippen MR) is 79.3 cm³/mol. The molecule has 2 aromatic rings. The highest BCUT2D eigenvalue weighted by Gasteiger charge is 2.21. The number of hydrogen-bond acceptors (Lipinski definition) is 6. The van der Waals surface area contributed by atoms with Crippen molar-refractivity contribution in [3.8, 4) is 17.7 Å². The summed E-state index contributed by atoms with van der Waals surface area (Å²) in [5.41, 5.74) is 5.42. The largest absolute Gasteiger partial charge is 0.431 e. The van der Waals surface area contributed by atoms with Crippen LogP contribution in [-0.2, 0) is 0 Å². The van der Waals surface area contributed by atoms with Crippen LogP contribution in [0, 0.1) is 25.0 Å². The highest BCUT2D eigenvalue weighted by Crippen LogP contribution is 2.36. The molecule has 1 aromatic carbocycles. The summed E-state index contributed by atoms with van der Waals surface area (Å²) in [7, 11) is 0.